The van der Waals surface area contributed by atoms with Crippen molar-refractivity contribution in [2.24, 2.45) is 27.9 Å². The van der Waals surface area contributed by atoms with Crippen LogP contribution in [0.25, 0.3) is 0 Å². The van der Waals surface area contributed by atoms with Crippen LogP contribution in [0, 0.1) is 0 Å². The Morgan fingerprint density at radius 3 is 2.00 bits per heavy atom. The van der Waals surface area contributed by atoms with E-state index >= 15 is 0 Å². The fourth-order valence-electron chi connectivity index (χ4n) is 3.50. The van der Waals surface area contributed by atoms with E-state index in [1.54, 1.807) is 12.1 Å². The van der Waals surface area contributed by atoms with Gasteiger partial charge in [-0.3, -0.25) is 19.4 Å². The molecule has 4 unspecified atom stereocenters. The number of carbonyl (C=O) groups is 4. The number of aliphatic carboxylic acids is 1. The number of phenols is 1. The number of amides is 3. The molecule has 0 saturated carbocycles. The van der Waals surface area contributed by atoms with Gasteiger partial charge in [-0.2, -0.15) is 0 Å². The summed E-state index contributed by atoms with van der Waals surface area (Å²) in [7, 11) is 0. The molecular formula is C24H40N8O7. The Hall–Kier alpha value is -3.95. The van der Waals surface area contributed by atoms with Crippen molar-refractivity contribution in [2.45, 2.75) is 62.7 Å². The minimum Gasteiger partial charge on any atom is -0.508 e. The van der Waals surface area contributed by atoms with E-state index in [4.69, 9.17) is 28.0 Å². The van der Waals surface area contributed by atoms with Crippen LogP contribution in [0.1, 0.15) is 37.7 Å². The topological polar surface area (TPSA) is 282 Å². The molecular weight excluding hydrogens is 512 g/mol. The Morgan fingerprint density at radius 2 is 1.44 bits per heavy atom. The zero-order chi connectivity index (χ0) is 29.4. The molecule has 0 aliphatic rings. The molecule has 1 aromatic carbocycles. The lowest BCUT2D eigenvalue weighted by atomic mass is 10.0. The first kappa shape index (κ1) is 33.1. The summed E-state index contributed by atoms with van der Waals surface area (Å²) in [5.74, 6) is -3.66. The number of carboxylic acids is 1. The summed E-state index contributed by atoms with van der Waals surface area (Å²) in [6, 6.07) is 1.13. The standard InChI is InChI=1S/C24H40N8O7/c25-10-2-1-5-17(21(36)32-19(13-33)23(38)39)30-22(37)18(12-14-6-8-15(34)9-7-14)31-20(35)16(26)4-3-11-29-24(27)28/h6-9,16-19,33-34H,1-5,10-13,25-26H2,(H,30,37)(H,31,35)(H,32,36)(H,38,39)(H4,27,28,29). The lowest BCUT2D eigenvalue weighted by Crippen LogP contribution is -2.58. The number of carboxylic acid groups (broad SMARTS) is 1. The van der Waals surface area contributed by atoms with Crippen LogP contribution in [-0.2, 0) is 25.6 Å². The molecule has 0 aliphatic heterocycles. The van der Waals surface area contributed by atoms with E-state index < -0.39 is 54.5 Å². The van der Waals surface area contributed by atoms with Crippen molar-refractivity contribution < 1.29 is 34.5 Å². The number of hydrogen-bond acceptors (Lipinski definition) is 9. The van der Waals surface area contributed by atoms with E-state index in [0.29, 0.717) is 31.4 Å². The van der Waals surface area contributed by atoms with Crippen LogP contribution >= 0.6 is 0 Å². The molecule has 0 aliphatic carbocycles. The number of unbranched alkanes of at least 4 members (excludes halogenated alkanes) is 1. The number of aliphatic hydroxyl groups excluding tert-OH is 1. The van der Waals surface area contributed by atoms with E-state index in [1.165, 1.54) is 12.1 Å². The molecule has 0 saturated heterocycles. The summed E-state index contributed by atoms with van der Waals surface area (Å²) in [4.78, 5) is 54.0. The summed E-state index contributed by atoms with van der Waals surface area (Å²) in [5.41, 5.74) is 22.7. The first-order valence-corrected chi connectivity index (χ1v) is 12.5. The Morgan fingerprint density at radius 1 is 0.846 bits per heavy atom. The highest BCUT2D eigenvalue weighted by Crippen LogP contribution is 2.12. The molecule has 4 atom stereocenters. The number of rotatable bonds is 18. The van der Waals surface area contributed by atoms with Gasteiger partial charge in [0, 0.05) is 13.0 Å². The Labute approximate surface area is 226 Å². The van der Waals surface area contributed by atoms with Crippen molar-refractivity contribution in [1.29, 1.82) is 0 Å². The van der Waals surface area contributed by atoms with Crippen molar-refractivity contribution in [2.75, 3.05) is 19.7 Å². The van der Waals surface area contributed by atoms with Crippen molar-refractivity contribution in [3.8, 4) is 5.75 Å². The molecule has 15 heteroatoms. The van der Waals surface area contributed by atoms with Gasteiger partial charge in [0.1, 0.15) is 23.9 Å². The van der Waals surface area contributed by atoms with Gasteiger partial charge in [0.2, 0.25) is 17.7 Å². The molecule has 1 aromatic rings. The second kappa shape index (κ2) is 17.5. The predicted molar refractivity (Wildman–Crippen MR) is 143 cm³/mol. The van der Waals surface area contributed by atoms with Crippen LogP contribution in [0.3, 0.4) is 0 Å². The third kappa shape index (κ3) is 12.9. The average molecular weight is 553 g/mol. The highest BCUT2D eigenvalue weighted by molar-refractivity contribution is 5.94. The van der Waals surface area contributed by atoms with Crippen LogP contribution in [0.5, 0.6) is 5.75 Å². The van der Waals surface area contributed by atoms with Gasteiger partial charge in [-0.15, -0.1) is 0 Å². The Bertz CT molecular complexity index is 970. The SMILES string of the molecule is NCCCCC(NC(=O)C(Cc1ccc(O)cc1)NC(=O)C(N)CCCN=C(N)N)C(=O)NC(CO)C(=O)O. The maximum Gasteiger partial charge on any atom is 0.328 e. The number of aliphatic imine (C=N–C) groups is 1. The van der Waals surface area contributed by atoms with Gasteiger partial charge in [-0.05, 0) is 56.3 Å². The number of aliphatic hydroxyl groups is 1. The quantitative estimate of drug-likeness (QED) is 0.0496. The highest BCUT2D eigenvalue weighted by atomic mass is 16.4. The predicted octanol–water partition coefficient (Wildman–Crippen LogP) is -3.02. The fraction of sp³-hybridized carbons (Fsp3) is 0.542. The number of phenolic OH excluding ortho intramolecular Hbond substituents is 1. The van der Waals surface area contributed by atoms with Crippen LogP contribution < -0.4 is 38.9 Å². The molecule has 15 nitrogen and oxygen atoms in total. The number of carbonyl (C=O) groups excluding carboxylic acids is 3. The molecule has 218 valence electrons. The van der Waals surface area contributed by atoms with Crippen molar-refractivity contribution in [3.63, 3.8) is 0 Å². The molecule has 14 N–H and O–H groups in total. The number of nitrogens with two attached hydrogens (primary N) is 4. The number of guanidine groups is 1. The smallest absolute Gasteiger partial charge is 0.328 e. The van der Waals surface area contributed by atoms with Crippen molar-refractivity contribution in [3.05, 3.63) is 29.8 Å². The largest absolute Gasteiger partial charge is 0.508 e. The maximum absolute atomic E-state index is 13.3. The van der Waals surface area contributed by atoms with Crippen molar-refractivity contribution >= 4 is 29.7 Å². The van der Waals surface area contributed by atoms with Gasteiger partial charge in [0.25, 0.3) is 0 Å². The number of aromatic hydroxyl groups is 1. The molecule has 0 fully saturated rings. The number of nitrogens with zero attached hydrogens (tertiary/aromatic N) is 1. The monoisotopic (exact) mass is 552 g/mol. The first-order valence-electron chi connectivity index (χ1n) is 12.5. The third-order valence-corrected chi connectivity index (χ3v) is 5.69. The van der Waals surface area contributed by atoms with Gasteiger partial charge < -0.3 is 54.2 Å². The molecule has 39 heavy (non-hydrogen) atoms. The number of nitrogens with one attached hydrogen (secondary N) is 3. The molecule has 0 spiro atoms. The van der Waals surface area contributed by atoms with Crippen LogP contribution in [0.4, 0.5) is 0 Å². The normalized spacial score (nSPS) is 13.8. The van der Waals surface area contributed by atoms with Crippen LogP contribution in [-0.4, -0.2) is 88.8 Å². The molecule has 0 aromatic heterocycles. The lowest BCUT2D eigenvalue weighted by Gasteiger charge is -2.25. The molecule has 1 rings (SSSR count). The minimum atomic E-state index is -1.56. The maximum atomic E-state index is 13.3. The molecule has 0 heterocycles. The van der Waals surface area contributed by atoms with E-state index in [1.807, 2.05) is 0 Å². The van der Waals surface area contributed by atoms with Gasteiger partial charge >= 0.3 is 5.97 Å². The van der Waals surface area contributed by atoms with Crippen LogP contribution in [0.15, 0.2) is 29.3 Å². The molecule has 3 amide bonds. The van der Waals surface area contributed by atoms with Gasteiger partial charge in [-0.25, -0.2) is 4.79 Å². The van der Waals surface area contributed by atoms with E-state index in [0.717, 1.165) is 0 Å². The van der Waals surface area contributed by atoms with Gasteiger partial charge in [0.15, 0.2) is 5.96 Å². The molecule has 0 bridgehead atoms. The number of benzene rings is 1. The second-order valence-corrected chi connectivity index (χ2v) is 8.91. The summed E-state index contributed by atoms with van der Waals surface area (Å²) in [5, 5.41) is 35.3. The third-order valence-electron chi connectivity index (χ3n) is 5.69. The van der Waals surface area contributed by atoms with Crippen LogP contribution in [0.2, 0.25) is 0 Å². The summed E-state index contributed by atoms with van der Waals surface area (Å²) >= 11 is 0. The second-order valence-electron chi connectivity index (χ2n) is 8.91. The number of hydrogen-bond donors (Lipinski definition) is 10. The van der Waals surface area contributed by atoms with Crippen molar-refractivity contribution in [1.82, 2.24) is 16.0 Å². The lowest BCUT2D eigenvalue weighted by molar-refractivity contribution is -0.143. The minimum absolute atomic E-state index is 0.00407. The zero-order valence-electron chi connectivity index (χ0n) is 21.7. The molecule has 0 radical (unpaired) electrons. The summed E-state index contributed by atoms with van der Waals surface area (Å²) < 4.78 is 0. The summed E-state index contributed by atoms with van der Waals surface area (Å²) in [6.45, 7) is -0.228. The average Bonchev–Trinajstić information content (AvgIpc) is 2.89. The first-order chi connectivity index (χ1) is 18.5. The zero-order valence-corrected chi connectivity index (χ0v) is 21.7. The van der Waals surface area contributed by atoms with E-state index in [-0.39, 0.29) is 37.5 Å². The summed E-state index contributed by atoms with van der Waals surface area (Å²) in [6.07, 6.45) is 1.78. The van der Waals surface area contributed by atoms with E-state index in [2.05, 4.69) is 20.9 Å². The van der Waals surface area contributed by atoms with Gasteiger partial charge in [-0.1, -0.05) is 12.1 Å². The Balaban J connectivity index is 3.06. The Kier molecular flexibility index (Phi) is 14.9. The fourth-order valence-corrected chi connectivity index (χ4v) is 3.50. The van der Waals surface area contributed by atoms with Gasteiger partial charge in [0.05, 0.1) is 12.6 Å². The highest BCUT2D eigenvalue weighted by Gasteiger charge is 2.30. The van der Waals surface area contributed by atoms with E-state index in [9.17, 15) is 29.4 Å².